The van der Waals surface area contributed by atoms with E-state index in [9.17, 15) is 40.3 Å². The summed E-state index contributed by atoms with van der Waals surface area (Å²) in [5, 5.41) is -0.902. The van der Waals surface area contributed by atoms with Crippen molar-refractivity contribution in [2.45, 2.75) is 30.3 Å². The number of hydrogen-bond acceptors (Lipinski definition) is 8. The van der Waals surface area contributed by atoms with Gasteiger partial charge in [0.2, 0.25) is 15.9 Å². The SMILES string of the molecule is CS(=O)(=O)N(OC(=O)C(F)(F)F)[C@@H](Cc1ccc(C2CC(=O)NS2(O)O)cc1)c1nc2ccccc2[nH]1. The van der Waals surface area contributed by atoms with Crippen LogP contribution in [0.4, 0.5) is 13.2 Å². The van der Waals surface area contributed by atoms with Gasteiger partial charge in [0.1, 0.15) is 17.1 Å². The fourth-order valence-corrected chi connectivity index (χ4v) is 6.18. The smallest absolute Gasteiger partial charge is 0.345 e. The predicted molar refractivity (Wildman–Crippen MR) is 126 cm³/mol. The van der Waals surface area contributed by atoms with E-state index in [1.165, 1.54) is 24.3 Å². The average Bonchev–Trinajstić information content (AvgIpc) is 3.34. The molecule has 200 valence electrons. The van der Waals surface area contributed by atoms with Crippen LogP contribution in [0.3, 0.4) is 0 Å². The summed E-state index contributed by atoms with van der Waals surface area (Å²) in [7, 11) is -7.96. The number of para-hydroxylation sites is 2. The van der Waals surface area contributed by atoms with Gasteiger partial charge in [0.05, 0.1) is 23.7 Å². The molecule has 1 saturated heterocycles. The zero-order valence-corrected chi connectivity index (χ0v) is 20.6. The Labute approximate surface area is 210 Å². The zero-order chi connectivity index (χ0) is 27.2. The number of H-pyrrole nitrogens is 1. The van der Waals surface area contributed by atoms with Gasteiger partial charge < -0.3 is 9.82 Å². The molecule has 16 heteroatoms. The number of carbonyl (C=O) groups excluding carboxylic acids is 2. The molecule has 2 heterocycles. The van der Waals surface area contributed by atoms with Gasteiger partial charge >= 0.3 is 12.1 Å². The van der Waals surface area contributed by atoms with Crippen molar-refractivity contribution in [2.24, 2.45) is 0 Å². The summed E-state index contributed by atoms with van der Waals surface area (Å²) in [6.07, 6.45) is -5.31. The molecule has 1 aliphatic heterocycles. The molecule has 2 aromatic carbocycles. The maximum absolute atomic E-state index is 13.0. The Morgan fingerprint density at radius 1 is 1.22 bits per heavy atom. The largest absolute Gasteiger partial charge is 0.492 e. The summed E-state index contributed by atoms with van der Waals surface area (Å²) in [4.78, 5) is 34.7. The second-order valence-corrected chi connectivity index (χ2v) is 12.1. The first-order valence-electron chi connectivity index (χ1n) is 10.5. The molecule has 1 aromatic heterocycles. The molecule has 0 bridgehead atoms. The van der Waals surface area contributed by atoms with E-state index in [1.54, 1.807) is 24.3 Å². The van der Waals surface area contributed by atoms with E-state index in [0.717, 1.165) is 0 Å². The predicted octanol–water partition coefficient (Wildman–Crippen LogP) is 3.36. The molecule has 0 aliphatic carbocycles. The minimum Gasteiger partial charge on any atom is -0.345 e. The van der Waals surface area contributed by atoms with Crippen LogP contribution in [0, 0.1) is 0 Å². The molecule has 3 aromatic rings. The van der Waals surface area contributed by atoms with Crippen LogP contribution in [0.2, 0.25) is 0 Å². The Morgan fingerprint density at radius 2 is 1.86 bits per heavy atom. The number of sulfonamides is 1. The summed E-state index contributed by atoms with van der Waals surface area (Å²) in [6, 6.07) is 11.0. The molecule has 0 spiro atoms. The average molecular weight is 563 g/mol. The highest BCUT2D eigenvalue weighted by Gasteiger charge is 2.46. The first kappa shape index (κ1) is 26.9. The number of benzene rings is 2. The van der Waals surface area contributed by atoms with Crippen molar-refractivity contribution in [1.29, 1.82) is 0 Å². The molecular weight excluding hydrogens is 541 g/mol. The lowest BCUT2D eigenvalue weighted by Gasteiger charge is -2.33. The lowest BCUT2D eigenvalue weighted by atomic mass is 10.0. The van der Waals surface area contributed by atoms with Gasteiger partial charge in [0.15, 0.2) is 0 Å². The molecule has 11 nitrogen and oxygen atoms in total. The number of hydrogen-bond donors (Lipinski definition) is 4. The first-order valence-corrected chi connectivity index (χ1v) is 14.0. The molecule has 4 N–H and O–H groups in total. The molecule has 0 saturated carbocycles. The molecule has 1 unspecified atom stereocenters. The molecular formula is C21H21F3N4O7S2. The third-order valence-corrected chi connectivity index (χ3v) is 8.26. The molecule has 2 atom stereocenters. The summed E-state index contributed by atoms with van der Waals surface area (Å²) in [6.45, 7) is 0. The number of halogens is 3. The number of carbonyl (C=O) groups is 2. The lowest BCUT2D eigenvalue weighted by Crippen LogP contribution is -2.41. The second kappa shape index (κ2) is 9.60. The van der Waals surface area contributed by atoms with Gasteiger partial charge in [-0.15, -0.1) is 10.8 Å². The number of nitrogens with one attached hydrogen (secondary N) is 2. The van der Waals surface area contributed by atoms with Gasteiger partial charge in [-0.05, 0) is 34.1 Å². The van der Waals surface area contributed by atoms with Crippen molar-refractivity contribution in [3.63, 3.8) is 0 Å². The third-order valence-electron chi connectivity index (χ3n) is 5.52. The van der Waals surface area contributed by atoms with Crippen molar-refractivity contribution in [2.75, 3.05) is 6.26 Å². The topological polar surface area (TPSA) is 162 Å². The van der Waals surface area contributed by atoms with E-state index in [4.69, 9.17) is 0 Å². The van der Waals surface area contributed by atoms with Crippen molar-refractivity contribution in [1.82, 2.24) is 19.2 Å². The number of aromatic amines is 1. The summed E-state index contributed by atoms with van der Waals surface area (Å²) in [5.41, 5.74) is 1.67. The highest BCUT2D eigenvalue weighted by molar-refractivity contribution is 8.23. The number of hydroxylamine groups is 1. The summed E-state index contributed by atoms with van der Waals surface area (Å²) < 4.78 is 86.1. The van der Waals surface area contributed by atoms with Crippen molar-refractivity contribution in [3.8, 4) is 0 Å². The number of nitrogens with zero attached hydrogens (tertiary/aromatic N) is 2. The maximum Gasteiger partial charge on any atom is 0.492 e. The second-order valence-electron chi connectivity index (χ2n) is 8.31. The minimum atomic E-state index is -5.46. The molecule has 0 radical (unpaired) electrons. The van der Waals surface area contributed by atoms with Crippen LogP contribution in [0.15, 0.2) is 48.5 Å². The van der Waals surface area contributed by atoms with Gasteiger partial charge in [-0.25, -0.2) is 18.2 Å². The van der Waals surface area contributed by atoms with E-state index in [1.807, 2.05) is 0 Å². The zero-order valence-electron chi connectivity index (χ0n) is 19.0. The Bertz CT molecular complexity index is 1410. The number of aromatic nitrogens is 2. The highest BCUT2D eigenvalue weighted by atomic mass is 32.3. The highest BCUT2D eigenvalue weighted by Crippen LogP contribution is 2.56. The van der Waals surface area contributed by atoms with E-state index < -0.39 is 50.1 Å². The maximum atomic E-state index is 13.0. The minimum absolute atomic E-state index is 0.0371. The Morgan fingerprint density at radius 3 is 2.41 bits per heavy atom. The first-order chi connectivity index (χ1) is 17.1. The van der Waals surface area contributed by atoms with Crippen LogP contribution in [0.25, 0.3) is 11.0 Å². The van der Waals surface area contributed by atoms with Gasteiger partial charge in [-0.3, -0.25) is 18.6 Å². The Balaban J connectivity index is 1.71. The third kappa shape index (κ3) is 5.88. The van der Waals surface area contributed by atoms with Gasteiger partial charge in [0.25, 0.3) is 0 Å². The van der Waals surface area contributed by atoms with Crippen molar-refractivity contribution < 1.29 is 45.1 Å². The normalized spacial score (nSPS) is 19.5. The van der Waals surface area contributed by atoms with Crippen LogP contribution in [0.5, 0.6) is 0 Å². The number of fused-ring (bicyclic) bond motifs is 1. The van der Waals surface area contributed by atoms with Crippen LogP contribution in [-0.4, -0.2) is 56.3 Å². The van der Waals surface area contributed by atoms with E-state index in [-0.39, 0.29) is 23.1 Å². The van der Waals surface area contributed by atoms with Gasteiger partial charge in [-0.1, -0.05) is 36.4 Å². The molecule has 1 amide bonds. The van der Waals surface area contributed by atoms with E-state index in [2.05, 4.69) is 19.5 Å². The standard InChI is InChI=1S/C21H21F3N4O7S2/c1-36(31,32)28(35-20(30)21(22,23)24)16(19-25-14-4-2-3-5-15(14)26-19)10-12-6-8-13(9-7-12)17-11-18(29)27-37(17,33)34/h2-9,16-17,33-34H,10-11H2,1H3,(H,25,26)(H,27,29)/t16-,17?/m0/s1. The van der Waals surface area contributed by atoms with Crippen LogP contribution < -0.4 is 4.72 Å². The number of amides is 1. The quantitative estimate of drug-likeness (QED) is 0.319. The summed E-state index contributed by atoms with van der Waals surface area (Å²) >= 11 is 0. The Kier molecular flexibility index (Phi) is 6.98. The van der Waals surface area contributed by atoms with E-state index in [0.29, 0.717) is 28.4 Å². The molecule has 4 rings (SSSR count). The van der Waals surface area contributed by atoms with Gasteiger partial charge in [-0.2, -0.15) is 13.2 Å². The molecule has 1 fully saturated rings. The number of imidazole rings is 1. The van der Waals surface area contributed by atoms with Crippen molar-refractivity contribution >= 4 is 43.7 Å². The molecule has 37 heavy (non-hydrogen) atoms. The fourth-order valence-electron chi connectivity index (χ4n) is 3.86. The van der Waals surface area contributed by atoms with Crippen molar-refractivity contribution in [3.05, 3.63) is 65.5 Å². The lowest BCUT2D eigenvalue weighted by molar-refractivity contribution is -0.227. The van der Waals surface area contributed by atoms with E-state index >= 15 is 0 Å². The van der Waals surface area contributed by atoms with Crippen LogP contribution >= 0.6 is 10.8 Å². The van der Waals surface area contributed by atoms with Crippen LogP contribution in [-0.2, 0) is 30.9 Å². The Hall–Kier alpha value is -3.18. The summed E-state index contributed by atoms with van der Waals surface area (Å²) in [5.74, 6) is -3.34. The van der Waals surface area contributed by atoms with Crippen LogP contribution in [0.1, 0.15) is 34.7 Å². The number of alkyl halides is 3. The number of rotatable bonds is 7. The van der Waals surface area contributed by atoms with Gasteiger partial charge in [0, 0.05) is 0 Å². The molecule has 1 aliphatic rings. The monoisotopic (exact) mass is 562 g/mol. The fraction of sp³-hybridized carbons (Fsp3) is 0.286.